The maximum atomic E-state index is 8.28. The van der Waals surface area contributed by atoms with E-state index in [0.29, 0.717) is 0 Å². The van der Waals surface area contributed by atoms with Crippen molar-refractivity contribution in [2.75, 3.05) is 26.3 Å². The highest BCUT2D eigenvalue weighted by Gasteiger charge is 2.00. The van der Waals surface area contributed by atoms with Crippen LogP contribution in [0.2, 0.25) is 0 Å². The van der Waals surface area contributed by atoms with E-state index in [0.717, 1.165) is 5.06 Å². The summed E-state index contributed by atoms with van der Waals surface area (Å²) in [6, 6.07) is 0. The molecule has 0 saturated heterocycles. The lowest BCUT2D eigenvalue weighted by molar-refractivity contribution is -0.398. The highest BCUT2D eigenvalue weighted by molar-refractivity contribution is 4.39. The van der Waals surface area contributed by atoms with Gasteiger partial charge in [-0.25, -0.2) is 5.26 Å². The topological polar surface area (TPSA) is 73.2 Å². The molecule has 0 aromatic rings. The fourth-order valence-corrected chi connectivity index (χ4v) is 0.417. The molecule has 0 aromatic heterocycles. The zero-order valence-corrected chi connectivity index (χ0v) is 5.03. The molecule has 56 valence electrons. The third kappa shape index (κ3) is 4.31. The van der Waals surface area contributed by atoms with E-state index < -0.39 is 0 Å². The summed E-state index contributed by atoms with van der Waals surface area (Å²) >= 11 is 0. The van der Waals surface area contributed by atoms with Gasteiger partial charge in [-0.1, -0.05) is 0 Å². The largest absolute Gasteiger partial charge is 0.395 e. The zero-order chi connectivity index (χ0) is 7.11. The Morgan fingerprint density at radius 3 is 1.78 bits per heavy atom. The van der Waals surface area contributed by atoms with Crippen molar-refractivity contribution in [2.24, 2.45) is 0 Å². The smallest absolute Gasteiger partial charge is 0.0583 e. The predicted molar refractivity (Wildman–Crippen MR) is 29.5 cm³/mol. The molecule has 0 bridgehead atoms. The number of rotatable bonds is 5. The average Bonchev–Trinajstić information content (AvgIpc) is 1.88. The summed E-state index contributed by atoms with van der Waals surface area (Å²) < 4.78 is 0. The van der Waals surface area contributed by atoms with E-state index in [9.17, 15) is 0 Å². The lowest BCUT2D eigenvalue weighted by Gasteiger charge is -2.13. The summed E-state index contributed by atoms with van der Waals surface area (Å²) in [6.07, 6.45) is 0. The maximum absolute atomic E-state index is 8.28. The first-order valence-electron chi connectivity index (χ1n) is 2.63. The summed E-state index contributed by atoms with van der Waals surface area (Å²) in [5.74, 6) is 0. The molecule has 0 unspecified atom stereocenters. The van der Waals surface area contributed by atoms with Gasteiger partial charge in [0.25, 0.3) is 0 Å². The Balaban J connectivity index is 3.18. The summed E-state index contributed by atoms with van der Waals surface area (Å²) in [4.78, 5) is 3.74. The maximum Gasteiger partial charge on any atom is 0.0583 e. The molecule has 0 aliphatic heterocycles. The monoisotopic (exact) mass is 137 g/mol. The second-order valence-electron chi connectivity index (χ2n) is 1.46. The fourth-order valence-electron chi connectivity index (χ4n) is 0.417. The minimum absolute atomic E-state index is 0.111. The number of aliphatic hydroxyl groups excluding tert-OH is 2. The Hall–Kier alpha value is -0.200. The van der Waals surface area contributed by atoms with Crippen LogP contribution in [0.5, 0.6) is 0 Å². The van der Waals surface area contributed by atoms with Crippen molar-refractivity contribution in [1.82, 2.24) is 5.06 Å². The van der Waals surface area contributed by atoms with Crippen LogP contribution in [-0.2, 0) is 4.99 Å². The van der Waals surface area contributed by atoms with Crippen LogP contribution in [0.25, 0.3) is 0 Å². The summed E-state index contributed by atoms with van der Waals surface area (Å²) in [5, 5.41) is 25.6. The molecular weight excluding hydrogens is 126 g/mol. The Morgan fingerprint density at radius 2 is 1.56 bits per heavy atom. The van der Waals surface area contributed by atoms with Crippen molar-refractivity contribution < 1.29 is 20.5 Å². The van der Waals surface area contributed by atoms with Gasteiger partial charge in [0.15, 0.2) is 0 Å². The first-order chi connectivity index (χ1) is 4.35. The molecule has 0 fully saturated rings. The van der Waals surface area contributed by atoms with Gasteiger partial charge >= 0.3 is 0 Å². The molecule has 3 N–H and O–H groups in total. The lowest BCUT2D eigenvalue weighted by atomic mass is 10.6. The molecule has 0 aliphatic carbocycles. The van der Waals surface area contributed by atoms with Crippen LogP contribution in [0.1, 0.15) is 0 Å². The minimum atomic E-state index is -0.111. The van der Waals surface area contributed by atoms with Crippen LogP contribution in [0, 0.1) is 0 Å². The van der Waals surface area contributed by atoms with Gasteiger partial charge in [0.05, 0.1) is 26.3 Å². The van der Waals surface area contributed by atoms with Crippen molar-refractivity contribution in [1.29, 1.82) is 0 Å². The molecule has 0 spiro atoms. The zero-order valence-electron chi connectivity index (χ0n) is 5.03. The molecule has 0 atom stereocenters. The van der Waals surface area contributed by atoms with Crippen LogP contribution in [-0.4, -0.2) is 46.8 Å². The van der Waals surface area contributed by atoms with Crippen LogP contribution in [0.4, 0.5) is 0 Å². The van der Waals surface area contributed by atoms with Gasteiger partial charge in [0.2, 0.25) is 0 Å². The van der Waals surface area contributed by atoms with Gasteiger partial charge in [0, 0.05) is 0 Å². The van der Waals surface area contributed by atoms with Crippen LogP contribution < -0.4 is 0 Å². The first-order valence-corrected chi connectivity index (χ1v) is 2.63. The second kappa shape index (κ2) is 5.93. The van der Waals surface area contributed by atoms with Crippen LogP contribution in [0.15, 0.2) is 0 Å². The Kier molecular flexibility index (Phi) is 5.80. The van der Waals surface area contributed by atoms with Crippen molar-refractivity contribution in [3.63, 3.8) is 0 Å². The quantitative estimate of drug-likeness (QED) is 0.323. The minimum Gasteiger partial charge on any atom is -0.395 e. The molecule has 5 heteroatoms. The molecule has 0 rings (SSSR count). The number of nitrogens with zero attached hydrogens (tertiary/aromatic N) is 1. The second-order valence-corrected chi connectivity index (χ2v) is 1.46. The summed E-state index contributed by atoms with van der Waals surface area (Å²) in [5.41, 5.74) is 0. The molecule has 0 radical (unpaired) electrons. The number of aliphatic hydroxyl groups is 2. The van der Waals surface area contributed by atoms with Crippen molar-refractivity contribution in [3.05, 3.63) is 0 Å². The summed E-state index contributed by atoms with van der Waals surface area (Å²) in [6.45, 7) is 0.162. The molecule has 9 heavy (non-hydrogen) atoms. The Bertz CT molecular complexity index is 54.5. The van der Waals surface area contributed by atoms with Gasteiger partial charge in [0.1, 0.15) is 0 Å². The standard InChI is InChI=1S/C4H11NO4/c6-3-1-5(9-8)2-4-7/h6-8H,1-4H2. The number of hydroxylamine groups is 2. The van der Waals surface area contributed by atoms with Gasteiger partial charge in [-0.2, -0.15) is 5.06 Å². The van der Waals surface area contributed by atoms with Crippen LogP contribution >= 0.6 is 0 Å². The predicted octanol–water partition coefficient (Wildman–Crippen LogP) is -1.32. The van der Waals surface area contributed by atoms with Crippen molar-refractivity contribution >= 4 is 0 Å². The molecule has 0 heterocycles. The SMILES string of the molecule is OCCN(CCO)OO. The van der Waals surface area contributed by atoms with E-state index in [1.54, 1.807) is 0 Å². The van der Waals surface area contributed by atoms with Gasteiger partial charge in [-0.3, -0.25) is 0 Å². The molecule has 0 saturated carbocycles. The molecule has 5 nitrogen and oxygen atoms in total. The van der Waals surface area contributed by atoms with E-state index in [-0.39, 0.29) is 26.3 Å². The Morgan fingerprint density at radius 1 is 1.11 bits per heavy atom. The number of hydrogen-bond donors (Lipinski definition) is 3. The highest BCUT2D eigenvalue weighted by atomic mass is 17.2. The van der Waals surface area contributed by atoms with E-state index in [1.165, 1.54) is 0 Å². The van der Waals surface area contributed by atoms with E-state index in [2.05, 4.69) is 4.99 Å². The molecule has 0 aromatic carbocycles. The molecule has 0 aliphatic rings. The average molecular weight is 137 g/mol. The normalized spacial score (nSPS) is 10.7. The van der Waals surface area contributed by atoms with Gasteiger partial charge < -0.3 is 10.2 Å². The van der Waals surface area contributed by atoms with Crippen molar-refractivity contribution in [2.45, 2.75) is 0 Å². The van der Waals surface area contributed by atoms with E-state index in [1.807, 2.05) is 0 Å². The van der Waals surface area contributed by atoms with E-state index in [4.69, 9.17) is 15.5 Å². The number of hydrogen-bond acceptors (Lipinski definition) is 5. The lowest BCUT2D eigenvalue weighted by Crippen LogP contribution is -2.28. The third-order valence-corrected chi connectivity index (χ3v) is 0.814. The van der Waals surface area contributed by atoms with Crippen LogP contribution in [0.3, 0.4) is 0 Å². The fraction of sp³-hybridized carbons (Fsp3) is 1.00. The van der Waals surface area contributed by atoms with Crippen molar-refractivity contribution in [3.8, 4) is 0 Å². The summed E-state index contributed by atoms with van der Waals surface area (Å²) in [7, 11) is 0. The molecule has 0 amide bonds. The van der Waals surface area contributed by atoms with Gasteiger partial charge in [-0.15, -0.1) is 4.99 Å². The van der Waals surface area contributed by atoms with Gasteiger partial charge in [-0.05, 0) is 0 Å². The first kappa shape index (κ1) is 8.80. The highest BCUT2D eigenvalue weighted by Crippen LogP contribution is 1.83. The molecular formula is C4H11NO4. The van der Waals surface area contributed by atoms with E-state index >= 15 is 0 Å². The third-order valence-electron chi connectivity index (χ3n) is 0.814. The Labute approximate surface area is 53.0 Å².